The van der Waals surface area contributed by atoms with Gasteiger partial charge in [0.1, 0.15) is 17.3 Å². The van der Waals surface area contributed by atoms with Crippen molar-refractivity contribution >= 4 is 11.6 Å². The molecule has 1 saturated heterocycles. The van der Waals surface area contributed by atoms with Gasteiger partial charge in [-0.05, 0) is 43.7 Å². The molecule has 8 heteroatoms. The van der Waals surface area contributed by atoms with Gasteiger partial charge in [-0.2, -0.15) is 0 Å². The zero-order valence-electron chi connectivity index (χ0n) is 16.8. The lowest BCUT2D eigenvalue weighted by molar-refractivity contribution is 0.0787. The Balaban J connectivity index is 1.65. The second-order valence-electron chi connectivity index (χ2n) is 8.08. The van der Waals surface area contributed by atoms with E-state index in [2.05, 4.69) is 4.98 Å². The lowest BCUT2D eigenvalue weighted by Crippen LogP contribution is -2.28. The van der Waals surface area contributed by atoms with Gasteiger partial charge < -0.3 is 14.2 Å². The van der Waals surface area contributed by atoms with Gasteiger partial charge in [0, 0.05) is 43.7 Å². The van der Waals surface area contributed by atoms with Crippen molar-refractivity contribution in [3.8, 4) is 17.0 Å². The van der Waals surface area contributed by atoms with Crippen LogP contribution in [0.4, 0.5) is 4.39 Å². The van der Waals surface area contributed by atoms with Crippen LogP contribution < -0.4 is 10.3 Å². The molecule has 1 aromatic carbocycles. The molecule has 3 aromatic rings. The maximum absolute atomic E-state index is 14.8. The number of benzene rings is 1. The van der Waals surface area contributed by atoms with Crippen LogP contribution in [-0.4, -0.2) is 45.0 Å². The summed E-state index contributed by atoms with van der Waals surface area (Å²) in [5.41, 5.74) is 0.916. The van der Waals surface area contributed by atoms with E-state index in [4.69, 9.17) is 4.74 Å². The summed E-state index contributed by atoms with van der Waals surface area (Å²) in [4.78, 5) is 32.1. The van der Waals surface area contributed by atoms with E-state index in [9.17, 15) is 14.0 Å². The molecule has 1 aliphatic heterocycles. The summed E-state index contributed by atoms with van der Waals surface area (Å²) < 4.78 is 23.1. The van der Waals surface area contributed by atoms with Crippen molar-refractivity contribution in [3.05, 3.63) is 52.5 Å². The fourth-order valence-electron chi connectivity index (χ4n) is 4.05. The Bertz CT molecular complexity index is 1190. The molecule has 1 amide bonds. The number of ether oxygens (including phenoxy) is 1. The summed E-state index contributed by atoms with van der Waals surface area (Å²) >= 11 is 0. The van der Waals surface area contributed by atoms with Crippen molar-refractivity contribution in [2.45, 2.75) is 32.2 Å². The van der Waals surface area contributed by atoms with Gasteiger partial charge in [0.15, 0.2) is 0 Å². The van der Waals surface area contributed by atoms with Crippen molar-refractivity contribution in [2.75, 3.05) is 20.2 Å². The van der Waals surface area contributed by atoms with Crippen LogP contribution in [0.3, 0.4) is 0 Å². The lowest BCUT2D eigenvalue weighted by atomic mass is 10.1. The molecule has 2 aliphatic rings. The molecule has 7 nitrogen and oxygen atoms in total. The number of likely N-dealkylation sites (tertiary alicyclic amines) is 1. The number of hydrogen-bond acceptors (Lipinski definition) is 4. The minimum Gasteiger partial charge on any atom is -0.497 e. The summed E-state index contributed by atoms with van der Waals surface area (Å²) in [6, 6.07) is 4.60. The number of imidazole rings is 1. The highest BCUT2D eigenvalue weighted by Crippen LogP contribution is 2.33. The Morgan fingerprint density at radius 3 is 2.67 bits per heavy atom. The number of hydrogen-bond donors (Lipinski definition) is 0. The highest BCUT2D eigenvalue weighted by Gasteiger charge is 2.27. The molecule has 0 radical (unpaired) electrons. The third-order valence-electron chi connectivity index (χ3n) is 5.92. The van der Waals surface area contributed by atoms with Crippen LogP contribution in [0.15, 0.2) is 35.4 Å². The first-order chi connectivity index (χ1) is 14.5. The van der Waals surface area contributed by atoms with Gasteiger partial charge in [-0.15, -0.1) is 0 Å². The molecule has 156 valence electrons. The average Bonchev–Trinajstić information content (AvgIpc) is 3.22. The van der Waals surface area contributed by atoms with Crippen molar-refractivity contribution in [1.82, 2.24) is 18.9 Å². The molecule has 2 aromatic heterocycles. The van der Waals surface area contributed by atoms with E-state index in [-0.39, 0.29) is 22.8 Å². The summed E-state index contributed by atoms with van der Waals surface area (Å²) in [6.45, 7) is 1.93. The highest BCUT2D eigenvalue weighted by atomic mass is 19.1. The number of methoxy groups -OCH3 is 1. The second-order valence-corrected chi connectivity index (χ2v) is 8.08. The standard InChI is InChI=1S/C22H23FN4O3/c1-30-15-6-7-16(17(23)10-15)19-13-26-12-18(21(28)25-8-2-3-9-25)24-20(26)22(29)27(19)11-14-4-5-14/h6-7,10,12-14H,2-5,8-9,11H2,1H3. The first-order valence-electron chi connectivity index (χ1n) is 10.3. The van der Waals surface area contributed by atoms with Crippen molar-refractivity contribution in [3.63, 3.8) is 0 Å². The van der Waals surface area contributed by atoms with Gasteiger partial charge in [0.05, 0.1) is 12.8 Å². The van der Waals surface area contributed by atoms with Crippen LogP contribution in [0.25, 0.3) is 16.9 Å². The number of aromatic nitrogens is 3. The normalized spacial score (nSPS) is 16.4. The fourth-order valence-corrected chi connectivity index (χ4v) is 4.05. The molecular formula is C22H23FN4O3. The van der Waals surface area contributed by atoms with Crippen molar-refractivity contribution < 1.29 is 13.9 Å². The second kappa shape index (κ2) is 7.27. The van der Waals surface area contributed by atoms with Crippen molar-refractivity contribution in [2.24, 2.45) is 5.92 Å². The third-order valence-corrected chi connectivity index (χ3v) is 5.92. The van der Waals surface area contributed by atoms with E-state index >= 15 is 0 Å². The zero-order valence-corrected chi connectivity index (χ0v) is 16.8. The number of halogens is 1. The topological polar surface area (TPSA) is 68.8 Å². The molecule has 2 fully saturated rings. The van der Waals surface area contributed by atoms with E-state index in [1.54, 1.807) is 38.4 Å². The minimum absolute atomic E-state index is 0.165. The van der Waals surface area contributed by atoms with Crippen LogP contribution >= 0.6 is 0 Å². The van der Waals surface area contributed by atoms with Crippen LogP contribution in [0, 0.1) is 11.7 Å². The molecule has 3 heterocycles. The number of rotatable bonds is 5. The SMILES string of the molecule is COc1ccc(-c2cn3cc(C(=O)N4CCCC4)nc3c(=O)n2CC2CC2)c(F)c1. The highest BCUT2D eigenvalue weighted by molar-refractivity contribution is 5.93. The van der Waals surface area contributed by atoms with E-state index in [1.165, 1.54) is 13.2 Å². The first kappa shape index (κ1) is 18.8. The molecule has 0 atom stereocenters. The van der Waals surface area contributed by atoms with Crippen LogP contribution in [0.2, 0.25) is 0 Å². The number of fused-ring (bicyclic) bond motifs is 1. The van der Waals surface area contributed by atoms with Gasteiger partial charge in [0.2, 0.25) is 5.65 Å². The predicted molar refractivity (Wildman–Crippen MR) is 109 cm³/mol. The molecule has 1 aliphatic carbocycles. The molecular weight excluding hydrogens is 387 g/mol. The minimum atomic E-state index is -0.467. The van der Waals surface area contributed by atoms with E-state index in [1.807, 2.05) is 0 Å². The smallest absolute Gasteiger partial charge is 0.294 e. The molecule has 0 unspecified atom stereocenters. The van der Waals surface area contributed by atoms with Crippen molar-refractivity contribution in [1.29, 1.82) is 0 Å². The Hall–Kier alpha value is -3.16. The van der Waals surface area contributed by atoms with E-state index < -0.39 is 5.82 Å². The number of carbonyl (C=O) groups is 1. The van der Waals surface area contributed by atoms with Gasteiger partial charge in [-0.3, -0.25) is 14.0 Å². The quantitative estimate of drug-likeness (QED) is 0.649. The zero-order chi connectivity index (χ0) is 20.8. The van der Waals surface area contributed by atoms with Gasteiger partial charge in [-0.25, -0.2) is 9.37 Å². The average molecular weight is 410 g/mol. The summed E-state index contributed by atoms with van der Waals surface area (Å²) in [5, 5.41) is 0. The molecule has 30 heavy (non-hydrogen) atoms. The fraction of sp³-hybridized carbons (Fsp3) is 0.409. The van der Waals surface area contributed by atoms with Gasteiger partial charge >= 0.3 is 0 Å². The molecule has 1 saturated carbocycles. The van der Waals surface area contributed by atoms with Gasteiger partial charge in [0.25, 0.3) is 11.5 Å². The predicted octanol–water partition coefficient (Wildman–Crippen LogP) is 2.96. The molecule has 5 rings (SSSR count). The maximum Gasteiger partial charge on any atom is 0.294 e. The summed E-state index contributed by atoms with van der Waals surface area (Å²) in [6.07, 6.45) is 7.33. The first-order valence-corrected chi connectivity index (χ1v) is 10.3. The Kier molecular flexibility index (Phi) is 4.56. The molecule has 0 N–H and O–H groups in total. The molecule has 0 spiro atoms. The Morgan fingerprint density at radius 1 is 1.23 bits per heavy atom. The van der Waals surface area contributed by atoms with Crippen LogP contribution in [0.1, 0.15) is 36.2 Å². The number of nitrogens with zero attached hydrogens (tertiary/aromatic N) is 4. The third kappa shape index (κ3) is 3.26. The number of carbonyl (C=O) groups excluding carboxylic acids is 1. The molecule has 0 bridgehead atoms. The lowest BCUT2D eigenvalue weighted by Gasteiger charge is -2.14. The van der Waals surface area contributed by atoms with E-state index in [0.29, 0.717) is 42.6 Å². The van der Waals surface area contributed by atoms with E-state index in [0.717, 1.165) is 25.7 Å². The largest absolute Gasteiger partial charge is 0.497 e. The number of amides is 1. The van der Waals surface area contributed by atoms with Gasteiger partial charge in [-0.1, -0.05) is 0 Å². The Labute approximate surface area is 172 Å². The summed E-state index contributed by atoms with van der Waals surface area (Å²) in [7, 11) is 1.48. The van der Waals surface area contributed by atoms with Crippen LogP contribution in [0.5, 0.6) is 5.75 Å². The monoisotopic (exact) mass is 410 g/mol. The maximum atomic E-state index is 14.8. The summed E-state index contributed by atoms with van der Waals surface area (Å²) in [5.74, 6) is 0.188. The van der Waals surface area contributed by atoms with Crippen LogP contribution in [-0.2, 0) is 6.54 Å². The Morgan fingerprint density at radius 2 is 2.00 bits per heavy atom.